The van der Waals surface area contributed by atoms with Gasteiger partial charge in [-0.25, -0.2) is 0 Å². The molecule has 10 heteroatoms. The van der Waals surface area contributed by atoms with Gasteiger partial charge in [-0.05, 0) is 142 Å². The summed E-state index contributed by atoms with van der Waals surface area (Å²) < 4.78 is 11.8. The van der Waals surface area contributed by atoms with E-state index >= 15 is 0 Å². The molecule has 520 valence electrons. The monoisotopic (exact) mass is 1240 g/mol. The smallest absolute Gasteiger partial charge is 0.308 e. The van der Waals surface area contributed by atoms with Gasteiger partial charge in [0.2, 0.25) is 11.8 Å². The van der Waals surface area contributed by atoms with E-state index in [0.29, 0.717) is 37.9 Å². The van der Waals surface area contributed by atoms with Gasteiger partial charge in [-0.15, -0.1) is 0 Å². The van der Waals surface area contributed by atoms with Crippen LogP contribution in [0.2, 0.25) is 0 Å². The molecule has 0 aromatic heterocycles. The van der Waals surface area contributed by atoms with Crippen molar-refractivity contribution in [3.63, 3.8) is 0 Å². The molecule has 2 unspecified atom stereocenters. The van der Waals surface area contributed by atoms with Crippen molar-refractivity contribution in [2.75, 3.05) is 78.7 Å². The molecule has 1 fully saturated rings. The van der Waals surface area contributed by atoms with E-state index in [4.69, 9.17) is 9.47 Å². The summed E-state index contributed by atoms with van der Waals surface area (Å²) >= 11 is 0. The summed E-state index contributed by atoms with van der Waals surface area (Å²) in [5, 5.41) is 0. The van der Waals surface area contributed by atoms with E-state index < -0.39 is 0 Å². The second kappa shape index (κ2) is 64.9. The van der Waals surface area contributed by atoms with Gasteiger partial charge in [0.05, 0.1) is 25.0 Å². The van der Waals surface area contributed by atoms with Crippen LogP contribution in [0.25, 0.3) is 0 Å². The highest BCUT2D eigenvalue weighted by atomic mass is 16.5. The van der Waals surface area contributed by atoms with Gasteiger partial charge in [0.1, 0.15) is 0 Å². The minimum absolute atomic E-state index is 0.0430. The number of carbonyl (C=O) groups is 4. The Hall–Kier alpha value is -2.20. The number of ether oxygens (including phenoxy) is 2. The SMILES string of the molecule is CCCCCCCCC(CCCCCC)C(=O)OCCCCCCN(CCCCCC)C(=O)CCCCCCCN(CCCCCCCC(=O)N(CCCCCC)CCCCCCOC(=O)C(CCCCCC)CCCCCCCC)CCN1CCCC1. The first kappa shape index (κ1) is 83.8. The molecule has 0 aliphatic carbocycles. The minimum atomic E-state index is 0.0430. The number of unbranched alkanes of at least 4 members (excludes halogenated alkanes) is 36. The Kier molecular flexibility index (Phi) is 61.8. The topological polar surface area (TPSA) is 99.7 Å². The molecular formula is C78H152N4O6. The highest BCUT2D eigenvalue weighted by Gasteiger charge is 2.22. The van der Waals surface area contributed by atoms with Crippen LogP contribution in [0.15, 0.2) is 0 Å². The Morgan fingerprint density at radius 1 is 0.307 bits per heavy atom. The van der Waals surface area contributed by atoms with E-state index in [2.05, 4.69) is 61.1 Å². The number of carbonyl (C=O) groups excluding carboxylic acids is 4. The molecule has 0 N–H and O–H groups in total. The van der Waals surface area contributed by atoms with Crippen LogP contribution in [-0.2, 0) is 28.7 Å². The Bertz CT molecular complexity index is 1420. The molecule has 0 saturated carbocycles. The zero-order valence-electron chi connectivity index (χ0n) is 60.1. The molecule has 1 aliphatic heterocycles. The van der Waals surface area contributed by atoms with E-state index in [9.17, 15) is 19.2 Å². The van der Waals surface area contributed by atoms with Gasteiger partial charge >= 0.3 is 11.9 Å². The maximum Gasteiger partial charge on any atom is 0.308 e. The van der Waals surface area contributed by atoms with E-state index in [0.717, 1.165) is 167 Å². The van der Waals surface area contributed by atoms with Gasteiger partial charge in [-0.1, -0.05) is 260 Å². The number of nitrogens with zero attached hydrogens (tertiary/aromatic N) is 4. The van der Waals surface area contributed by atoms with Crippen LogP contribution in [0.3, 0.4) is 0 Å². The molecular weight excluding hydrogens is 1090 g/mol. The van der Waals surface area contributed by atoms with E-state index in [1.165, 1.54) is 232 Å². The molecule has 1 rings (SSSR count). The molecule has 2 amide bonds. The number of amides is 2. The summed E-state index contributed by atoms with van der Waals surface area (Å²) in [5.74, 6) is 0.929. The van der Waals surface area contributed by atoms with Crippen LogP contribution >= 0.6 is 0 Å². The standard InChI is InChI=1S/C78H152N4O6/c1-7-13-19-25-29-41-57-73(55-39-21-15-9-3)77(85)87-71-53-37-35-49-67-81(65-47-23-17-11-5)75(83)59-43-31-27-33-45-61-79(69-70-80-63-51-52-64-80)62-46-34-28-32-44-60-76(84)82(66-48-24-18-12-6)68-50-36-38-54-72-88-78(86)74(56-40-22-16-10-4)58-42-30-26-20-14-8-2/h73-74H,7-72H2,1-6H3. The van der Waals surface area contributed by atoms with E-state index in [1.807, 2.05) is 0 Å². The summed E-state index contributed by atoms with van der Waals surface area (Å²) in [7, 11) is 0. The molecule has 88 heavy (non-hydrogen) atoms. The third-order valence-corrected chi connectivity index (χ3v) is 19.4. The minimum Gasteiger partial charge on any atom is -0.465 e. The molecule has 1 heterocycles. The average Bonchev–Trinajstić information content (AvgIpc) is 4.17. The van der Waals surface area contributed by atoms with Crippen molar-refractivity contribution in [2.45, 2.75) is 388 Å². The number of hydrogen-bond acceptors (Lipinski definition) is 8. The fraction of sp³-hybridized carbons (Fsp3) is 0.949. The average molecular weight is 1240 g/mol. The second-order valence-corrected chi connectivity index (χ2v) is 27.7. The van der Waals surface area contributed by atoms with Crippen LogP contribution in [0.1, 0.15) is 388 Å². The van der Waals surface area contributed by atoms with Crippen molar-refractivity contribution in [2.24, 2.45) is 11.8 Å². The van der Waals surface area contributed by atoms with Gasteiger partial charge in [0.15, 0.2) is 0 Å². The highest BCUT2D eigenvalue weighted by molar-refractivity contribution is 5.76. The van der Waals surface area contributed by atoms with Crippen LogP contribution < -0.4 is 0 Å². The molecule has 0 spiro atoms. The maximum absolute atomic E-state index is 13.6. The van der Waals surface area contributed by atoms with Gasteiger partial charge in [-0.3, -0.25) is 19.2 Å². The Morgan fingerprint density at radius 3 is 0.909 bits per heavy atom. The lowest BCUT2D eigenvalue weighted by atomic mass is 9.94. The number of hydrogen-bond donors (Lipinski definition) is 0. The third kappa shape index (κ3) is 51.3. The predicted octanol–water partition coefficient (Wildman–Crippen LogP) is 21.8. The van der Waals surface area contributed by atoms with Crippen LogP contribution in [0.5, 0.6) is 0 Å². The van der Waals surface area contributed by atoms with Crippen LogP contribution in [0.4, 0.5) is 0 Å². The lowest BCUT2D eigenvalue weighted by Crippen LogP contribution is -2.35. The van der Waals surface area contributed by atoms with Gasteiger partial charge in [-0.2, -0.15) is 0 Å². The zero-order chi connectivity index (χ0) is 63.9. The van der Waals surface area contributed by atoms with Crippen molar-refractivity contribution >= 4 is 23.8 Å². The predicted molar refractivity (Wildman–Crippen MR) is 378 cm³/mol. The van der Waals surface area contributed by atoms with Crippen molar-refractivity contribution in [1.29, 1.82) is 0 Å². The van der Waals surface area contributed by atoms with Crippen molar-refractivity contribution in [3.05, 3.63) is 0 Å². The summed E-state index contributed by atoms with van der Waals surface area (Å²) in [6.45, 7) is 25.3. The molecule has 2 atom stereocenters. The number of likely N-dealkylation sites (tertiary alicyclic amines) is 1. The summed E-state index contributed by atoms with van der Waals surface area (Å²) in [5.41, 5.74) is 0. The molecule has 0 aromatic rings. The van der Waals surface area contributed by atoms with Crippen molar-refractivity contribution < 1.29 is 28.7 Å². The largest absolute Gasteiger partial charge is 0.465 e. The van der Waals surface area contributed by atoms with Crippen molar-refractivity contribution in [1.82, 2.24) is 19.6 Å². The molecule has 1 aliphatic rings. The first-order valence-corrected chi connectivity index (χ1v) is 39.6. The maximum atomic E-state index is 13.6. The fourth-order valence-corrected chi connectivity index (χ4v) is 13.2. The molecule has 0 aromatic carbocycles. The third-order valence-electron chi connectivity index (χ3n) is 19.4. The number of esters is 2. The number of rotatable bonds is 69. The van der Waals surface area contributed by atoms with Gasteiger partial charge in [0, 0.05) is 52.1 Å². The summed E-state index contributed by atoms with van der Waals surface area (Å²) in [4.78, 5) is 63.3. The normalized spacial score (nSPS) is 13.4. The second-order valence-electron chi connectivity index (χ2n) is 27.7. The lowest BCUT2D eigenvalue weighted by molar-refractivity contribution is -0.150. The highest BCUT2D eigenvalue weighted by Crippen LogP contribution is 2.24. The van der Waals surface area contributed by atoms with Gasteiger partial charge < -0.3 is 29.1 Å². The van der Waals surface area contributed by atoms with E-state index in [1.54, 1.807) is 0 Å². The van der Waals surface area contributed by atoms with Crippen LogP contribution in [-0.4, -0.2) is 122 Å². The van der Waals surface area contributed by atoms with Crippen molar-refractivity contribution in [3.8, 4) is 0 Å². The molecule has 0 radical (unpaired) electrons. The summed E-state index contributed by atoms with van der Waals surface area (Å²) in [6.07, 6.45) is 62.0. The first-order valence-electron chi connectivity index (χ1n) is 39.6. The Labute approximate surface area is 548 Å². The zero-order valence-corrected chi connectivity index (χ0v) is 60.1. The molecule has 10 nitrogen and oxygen atoms in total. The van der Waals surface area contributed by atoms with Gasteiger partial charge in [0.25, 0.3) is 0 Å². The summed E-state index contributed by atoms with van der Waals surface area (Å²) in [6, 6.07) is 0. The lowest BCUT2D eigenvalue weighted by Gasteiger charge is -2.25. The quantitative estimate of drug-likeness (QED) is 0.0439. The Morgan fingerprint density at radius 2 is 0.568 bits per heavy atom. The van der Waals surface area contributed by atoms with E-state index in [-0.39, 0.29) is 23.8 Å². The van der Waals surface area contributed by atoms with Crippen LogP contribution in [0, 0.1) is 11.8 Å². The fourth-order valence-electron chi connectivity index (χ4n) is 13.2. The Balaban J connectivity index is 2.47. The first-order chi connectivity index (χ1) is 43.2. The molecule has 0 bridgehead atoms. The molecule has 1 saturated heterocycles.